The van der Waals surface area contributed by atoms with Crippen molar-refractivity contribution in [3.63, 3.8) is 0 Å². The number of aromatic hydroxyl groups is 1. The molecule has 2 aromatic carbocycles. The minimum atomic E-state index is 0.155. The largest absolute Gasteiger partial charge is 0.506 e. The topological polar surface area (TPSA) is 45.1 Å². The van der Waals surface area contributed by atoms with Crippen molar-refractivity contribution in [2.45, 2.75) is 0 Å². The van der Waals surface area contributed by atoms with Crippen LogP contribution in [-0.2, 0) is 4.74 Å². The van der Waals surface area contributed by atoms with Gasteiger partial charge in [-0.05, 0) is 62.2 Å². The predicted molar refractivity (Wildman–Crippen MR) is 108 cm³/mol. The summed E-state index contributed by atoms with van der Waals surface area (Å²) in [4.78, 5) is 6.80. The van der Waals surface area contributed by atoms with E-state index >= 15 is 0 Å². The lowest BCUT2D eigenvalue weighted by Crippen LogP contribution is -2.36. The van der Waals surface area contributed by atoms with Gasteiger partial charge in [0.05, 0.1) is 27.8 Å². The first kappa shape index (κ1) is 17.9. The summed E-state index contributed by atoms with van der Waals surface area (Å²) < 4.78 is 7.43. The van der Waals surface area contributed by atoms with Crippen molar-refractivity contribution >= 4 is 65.4 Å². The maximum Gasteiger partial charge on any atom is 0.144 e. The van der Waals surface area contributed by atoms with Gasteiger partial charge in [-0.25, -0.2) is 0 Å². The molecule has 1 N–H and O–H groups in total. The highest BCUT2D eigenvalue weighted by Gasteiger charge is 2.12. The van der Waals surface area contributed by atoms with Crippen molar-refractivity contribution in [2.24, 2.45) is 4.99 Å². The Hall–Kier alpha value is -0.890. The van der Waals surface area contributed by atoms with Crippen molar-refractivity contribution in [2.75, 3.05) is 31.2 Å². The molecule has 0 aromatic heterocycles. The molecular weight excluding hydrogens is 504 g/mol. The van der Waals surface area contributed by atoms with E-state index in [-0.39, 0.29) is 5.75 Å². The summed E-state index contributed by atoms with van der Waals surface area (Å²) in [5.41, 5.74) is 2.82. The van der Waals surface area contributed by atoms with E-state index in [9.17, 15) is 5.11 Å². The predicted octanol–water partition coefficient (Wildman–Crippen LogP) is 5.27. The van der Waals surface area contributed by atoms with Crippen LogP contribution in [0.1, 0.15) is 5.56 Å². The second kappa shape index (κ2) is 7.99. The van der Waals surface area contributed by atoms with Gasteiger partial charge < -0.3 is 14.7 Å². The molecule has 0 atom stereocenters. The Labute approximate surface area is 165 Å². The number of morpholine rings is 1. The lowest BCUT2D eigenvalue weighted by atomic mass is 10.2. The average molecular weight is 519 g/mol. The van der Waals surface area contributed by atoms with Gasteiger partial charge in [-0.1, -0.05) is 15.9 Å². The Kier molecular flexibility index (Phi) is 5.97. The van der Waals surface area contributed by atoms with Crippen LogP contribution in [0.25, 0.3) is 0 Å². The standard InChI is InChI=1S/C17H15Br3N2O2/c18-14-9-15(19)17(23)16(20)13(14)10-21-11-1-3-12(4-2-11)22-5-7-24-8-6-22/h1-4,9-10,23H,5-8H2. The second-order valence-electron chi connectivity index (χ2n) is 5.29. The minimum Gasteiger partial charge on any atom is -0.506 e. The molecule has 7 heteroatoms. The highest BCUT2D eigenvalue weighted by molar-refractivity contribution is 9.11. The number of hydrogen-bond donors (Lipinski definition) is 1. The fraction of sp³-hybridized carbons (Fsp3) is 0.235. The number of aliphatic imine (C=N–C) groups is 1. The third kappa shape index (κ3) is 4.02. The molecule has 2 aromatic rings. The van der Waals surface area contributed by atoms with Gasteiger partial charge in [0.25, 0.3) is 0 Å². The molecular formula is C17H15Br3N2O2. The van der Waals surface area contributed by atoms with Crippen molar-refractivity contribution in [3.8, 4) is 5.75 Å². The zero-order valence-corrected chi connectivity index (χ0v) is 17.4. The van der Waals surface area contributed by atoms with Crippen LogP contribution >= 0.6 is 47.8 Å². The molecule has 0 amide bonds. The van der Waals surface area contributed by atoms with E-state index in [0.29, 0.717) is 8.95 Å². The normalized spacial score (nSPS) is 15.2. The van der Waals surface area contributed by atoms with Gasteiger partial charge in [0.15, 0.2) is 0 Å². The summed E-state index contributed by atoms with van der Waals surface area (Å²) in [6.45, 7) is 3.38. The molecule has 4 nitrogen and oxygen atoms in total. The number of phenols is 1. The van der Waals surface area contributed by atoms with Crippen molar-refractivity contribution in [1.82, 2.24) is 0 Å². The Bertz CT molecular complexity index is 757. The Morgan fingerprint density at radius 3 is 2.38 bits per heavy atom. The first-order valence-electron chi connectivity index (χ1n) is 7.39. The number of benzene rings is 2. The maximum atomic E-state index is 10.00. The molecule has 1 heterocycles. The molecule has 126 valence electrons. The number of hydrogen-bond acceptors (Lipinski definition) is 4. The Morgan fingerprint density at radius 1 is 1.04 bits per heavy atom. The molecule has 1 aliphatic rings. The van der Waals surface area contributed by atoms with E-state index in [2.05, 4.69) is 69.8 Å². The molecule has 0 radical (unpaired) electrons. The van der Waals surface area contributed by atoms with Gasteiger partial charge in [-0.2, -0.15) is 0 Å². The van der Waals surface area contributed by atoms with Crippen LogP contribution in [0.15, 0.2) is 48.7 Å². The van der Waals surface area contributed by atoms with Crippen molar-refractivity contribution < 1.29 is 9.84 Å². The lowest BCUT2D eigenvalue weighted by molar-refractivity contribution is 0.122. The lowest BCUT2D eigenvalue weighted by Gasteiger charge is -2.28. The van der Waals surface area contributed by atoms with Crippen LogP contribution in [0.2, 0.25) is 0 Å². The highest BCUT2D eigenvalue weighted by Crippen LogP contribution is 2.38. The second-order valence-corrected chi connectivity index (χ2v) is 7.79. The van der Waals surface area contributed by atoms with E-state index in [1.807, 2.05) is 12.1 Å². The molecule has 0 bridgehead atoms. The van der Waals surface area contributed by atoms with Crippen LogP contribution in [0.4, 0.5) is 11.4 Å². The third-order valence-corrected chi connectivity index (χ3v) is 5.81. The van der Waals surface area contributed by atoms with Crippen molar-refractivity contribution in [3.05, 3.63) is 49.3 Å². The SMILES string of the molecule is Oc1c(Br)cc(Br)c(C=Nc2ccc(N3CCOCC3)cc2)c1Br. The molecule has 1 fully saturated rings. The van der Waals surface area contributed by atoms with Crippen LogP contribution in [0.3, 0.4) is 0 Å². The van der Waals surface area contributed by atoms with Gasteiger partial charge in [-0.3, -0.25) is 4.99 Å². The summed E-state index contributed by atoms with van der Waals surface area (Å²) in [6.07, 6.45) is 1.73. The van der Waals surface area contributed by atoms with Gasteiger partial charge in [0.2, 0.25) is 0 Å². The van der Waals surface area contributed by atoms with E-state index < -0.39 is 0 Å². The molecule has 0 saturated carbocycles. The zero-order valence-electron chi connectivity index (χ0n) is 12.7. The van der Waals surface area contributed by atoms with Gasteiger partial charge in [0.1, 0.15) is 5.75 Å². The third-order valence-electron chi connectivity index (χ3n) is 3.75. The number of rotatable bonds is 3. The van der Waals surface area contributed by atoms with E-state index in [1.165, 1.54) is 5.69 Å². The van der Waals surface area contributed by atoms with Crippen LogP contribution in [-0.4, -0.2) is 37.6 Å². The van der Waals surface area contributed by atoms with E-state index in [0.717, 1.165) is 42.0 Å². The summed E-state index contributed by atoms with van der Waals surface area (Å²) in [7, 11) is 0. The quantitative estimate of drug-likeness (QED) is 0.563. The zero-order chi connectivity index (χ0) is 17.1. The fourth-order valence-electron chi connectivity index (χ4n) is 2.42. The molecule has 3 rings (SSSR count). The number of anilines is 1. The monoisotopic (exact) mass is 516 g/mol. The average Bonchev–Trinajstić information content (AvgIpc) is 2.61. The number of phenolic OH excluding ortho intramolecular Hbond substituents is 1. The number of nitrogens with zero attached hydrogens (tertiary/aromatic N) is 2. The summed E-state index contributed by atoms with van der Waals surface area (Å²) in [5.74, 6) is 0.155. The highest BCUT2D eigenvalue weighted by atomic mass is 79.9. The summed E-state index contributed by atoms with van der Waals surface area (Å²) in [6, 6.07) is 9.91. The molecule has 24 heavy (non-hydrogen) atoms. The van der Waals surface area contributed by atoms with Crippen LogP contribution < -0.4 is 4.90 Å². The summed E-state index contributed by atoms with van der Waals surface area (Å²) in [5, 5.41) is 10.00. The van der Waals surface area contributed by atoms with Crippen LogP contribution in [0, 0.1) is 0 Å². The molecule has 0 unspecified atom stereocenters. The minimum absolute atomic E-state index is 0.155. The molecule has 0 spiro atoms. The van der Waals surface area contributed by atoms with E-state index in [1.54, 1.807) is 12.3 Å². The van der Waals surface area contributed by atoms with Gasteiger partial charge in [-0.15, -0.1) is 0 Å². The molecule has 0 aliphatic carbocycles. The number of ether oxygens (including phenoxy) is 1. The van der Waals surface area contributed by atoms with Crippen LogP contribution in [0.5, 0.6) is 5.75 Å². The smallest absolute Gasteiger partial charge is 0.144 e. The van der Waals surface area contributed by atoms with Crippen molar-refractivity contribution in [1.29, 1.82) is 0 Å². The maximum absolute atomic E-state index is 10.00. The van der Waals surface area contributed by atoms with E-state index in [4.69, 9.17) is 4.74 Å². The number of halogens is 3. The first-order valence-corrected chi connectivity index (χ1v) is 9.77. The summed E-state index contributed by atoms with van der Waals surface area (Å²) >= 11 is 10.2. The van der Waals surface area contributed by atoms with Gasteiger partial charge in [0, 0.05) is 35.0 Å². The van der Waals surface area contributed by atoms with Gasteiger partial charge >= 0.3 is 0 Å². The Morgan fingerprint density at radius 2 is 1.71 bits per heavy atom. The Balaban J connectivity index is 1.79. The molecule has 1 saturated heterocycles. The molecule has 1 aliphatic heterocycles. The fourth-order valence-corrected chi connectivity index (χ4v) is 4.75. The first-order chi connectivity index (χ1) is 11.6.